The SMILES string of the molecule is CC.CC.N=C(N)c1ccccc1.[HH]. The lowest BCUT2D eigenvalue weighted by Crippen LogP contribution is -2.10. The van der Waals surface area contributed by atoms with Gasteiger partial charge in [0.25, 0.3) is 0 Å². The molecule has 0 aliphatic rings. The van der Waals surface area contributed by atoms with Gasteiger partial charge in [0.15, 0.2) is 0 Å². The van der Waals surface area contributed by atoms with Crippen molar-refractivity contribution in [1.82, 2.24) is 0 Å². The second-order valence-electron chi connectivity index (χ2n) is 1.78. The summed E-state index contributed by atoms with van der Waals surface area (Å²) < 4.78 is 0. The molecule has 2 nitrogen and oxygen atoms in total. The first-order valence-electron chi connectivity index (χ1n) is 4.70. The van der Waals surface area contributed by atoms with E-state index in [-0.39, 0.29) is 7.26 Å². The van der Waals surface area contributed by atoms with Crippen LogP contribution in [0.2, 0.25) is 0 Å². The van der Waals surface area contributed by atoms with Crippen molar-refractivity contribution in [3.05, 3.63) is 35.9 Å². The fourth-order valence-corrected chi connectivity index (χ4v) is 0.618. The van der Waals surface area contributed by atoms with Crippen molar-refractivity contribution >= 4 is 5.84 Å². The molecule has 2 heteroatoms. The van der Waals surface area contributed by atoms with Crippen LogP contribution in [0.5, 0.6) is 0 Å². The van der Waals surface area contributed by atoms with Crippen molar-refractivity contribution in [2.75, 3.05) is 0 Å². The highest BCUT2D eigenvalue weighted by Crippen LogP contribution is 1.94. The Hall–Kier alpha value is -1.31. The lowest BCUT2D eigenvalue weighted by Gasteiger charge is -1.93. The third kappa shape index (κ3) is 7.06. The van der Waals surface area contributed by atoms with Crippen LogP contribution in [0.15, 0.2) is 30.3 Å². The van der Waals surface area contributed by atoms with E-state index >= 15 is 0 Å². The van der Waals surface area contributed by atoms with Gasteiger partial charge in [-0.2, -0.15) is 0 Å². The van der Waals surface area contributed by atoms with Crippen molar-refractivity contribution in [3.63, 3.8) is 0 Å². The summed E-state index contributed by atoms with van der Waals surface area (Å²) in [6.07, 6.45) is 0. The van der Waals surface area contributed by atoms with Gasteiger partial charge < -0.3 is 5.73 Å². The number of hydrogen-bond donors (Lipinski definition) is 2. The normalized spacial score (nSPS) is 7.08. The molecule has 0 spiro atoms. The highest BCUT2D eigenvalue weighted by atomic mass is 14.7. The standard InChI is InChI=1S/C7H8N2.2C2H6.H2/c8-7(9)6-4-2-1-3-5-6;2*1-2;/h1-5H,(H3,8,9);2*1-2H3;1H. The number of amidine groups is 1. The maximum atomic E-state index is 7.01. The van der Waals surface area contributed by atoms with Gasteiger partial charge in [0.1, 0.15) is 5.84 Å². The fraction of sp³-hybridized carbons (Fsp3) is 0.364. The molecule has 0 radical (unpaired) electrons. The van der Waals surface area contributed by atoms with Crippen molar-refractivity contribution in [2.24, 2.45) is 5.73 Å². The Balaban J connectivity index is -0.000000216. The van der Waals surface area contributed by atoms with Crippen LogP contribution < -0.4 is 5.73 Å². The van der Waals surface area contributed by atoms with Crippen LogP contribution in [0.3, 0.4) is 0 Å². The molecule has 1 aromatic carbocycles. The zero-order valence-corrected chi connectivity index (χ0v) is 8.96. The van der Waals surface area contributed by atoms with Crippen molar-refractivity contribution < 1.29 is 1.43 Å². The minimum absolute atomic E-state index is 0. The van der Waals surface area contributed by atoms with Gasteiger partial charge in [-0.3, -0.25) is 5.41 Å². The number of hydrogen-bond acceptors (Lipinski definition) is 1. The van der Waals surface area contributed by atoms with Crippen LogP contribution in [0.1, 0.15) is 34.7 Å². The molecule has 0 amide bonds. The predicted molar refractivity (Wildman–Crippen MR) is 62.3 cm³/mol. The maximum absolute atomic E-state index is 7.01. The first-order valence-corrected chi connectivity index (χ1v) is 4.70. The van der Waals surface area contributed by atoms with Gasteiger partial charge in [0.2, 0.25) is 0 Å². The molecule has 0 atom stereocenters. The summed E-state index contributed by atoms with van der Waals surface area (Å²) in [5, 5.41) is 7.01. The van der Waals surface area contributed by atoms with Gasteiger partial charge in [0.05, 0.1) is 0 Å². The number of nitrogens with two attached hydrogens (primary N) is 1. The number of nitrogens with one attached hydrogen (secondary N) is 1. The number of nitrogen functional groups attached to an aromatic ring is 1. The summed E-state index contributed by atoms with van der Waals surface area (Å²) in [7, 11) is 0. The van der Waals surface area contributed by atoms with Gasteiger partial charge in [-0.1, -0.05) is 58.0 Å². The first kappa shape index (κ1) is 14.2. The van der Waals surface area contributed by atoms with E-state index < -0.39 is 0 Å². The summed E-state index contributed by atoms with van der Waals surface area (Å²) in [5.74, 6) is 0.121. The van der Waals surface area contributed by atoms with Crippen LogP contribution in [0, 0.1) is 5.41 Å². The third-order valence-corrected chi connectivity index (χ3v) is 1.08. The molecule has 0 heterocycles. The van der Waals surface area contributed by atoms with Crippen LogP contribution in [-0.2, 0) is 0 Å². The van der Waals surface area contributed by atoms with Crippen LogP contribution in [0.25, 0.3) is 0 Å². The third-order valence-electron chi connectivity index (χ3n) is 1.08. The highest BCUT2D eigenvalue weighted by Gasteiger charge is 1.89. The average Bonchev–Trinajstić information content (AvgIpc) is 2.25. The smallest absolute Gasteiger partial charge is 0.122 e. The van der Waals surface area contributed by atoms with E-state index in [4.69, 9.17) is 11.1 Å². The van der Waals surface area contributed by atoms with Crippen molar-refractivity contribution in [1.29, 1.82) is 5.41 Å². The maximum Gasteiger partial charge on any atom is 0.122 e. The monoisotopic (exact) mass is 182 g/mol. The lowest BCUT2D eigenvalue weighted by molar-refractivity contribution is 1.42. The minimum Gasteiger partial charge on any atom is -0.384 e. The Morgan fingerprint density at radius 3 is 1.69 bits per heavy atom. The van der Waals surface area contributed by atoms with Crippen molar-refractivity contribution in [2.45, 2.75) is 27.7 Å². The molecule has 0 unspecified atom stereocenters. The Labute approximate surface area is 82.8 Å². The van der Waals surface area contributed by atoms with E-state index in [0.29, 0.717) is 0 Å². The van der Waals surface area contributed by atoms with Crippen LogP contribution in [0.4, 0.5) is 0 Å². The van der Waals surface area contributed by atoms with E-state index in [1.165, 1.54) is 0 Å². The Morgan fingerprint density at radius 2 is 1.46 bits per heavy atom. The topological polar surface area (TPSA) is 49.9 Å². The largest absolute Gasteiger partial charge is 0.384 e. The molecule has 0 saturated carbocycles. The molecule has 13 heavy (non-hydrogen) atoms. The van der Waals surface area contributed by atoms with Gasteiger partial charge in [-0.05, 0) is 0 Å². The van der Waals surface area contributed by atoms with Gasteiger partial charge in [-0.15, -0.1) is 0 Å². The quantitative estimate of drug-likeness (QED) is 0.508. The van der Waals surface area contributed by atoms with Gasteiger partial charge >= 0.3 is 0 Å². The molecule has 3 N–H and O–H groups in total. The fourth-order valence-electron chi connectivity index (χ4n) is 0.618. The Kier molecular flexibility index (Phi) is 11.7. The molecule has 0 aromatic heterocycles. The summed E-state index contributed by atoms with van der Waals surface area (Å²) in [4.78, 5) is 0. The molecule has 1 aromatic rings. The molecule has 1 rings (SSSR count). The van der Waals surface area contributed by atoms with E-state index in [0.717, 1.165) is 5.56 Å². The lowest BCUT2D eigenvalue weighted by atomic mass is 10.2. The Morgan fingerprint density at radius 1 is 1.08 bits per heavy atom. The van der Waals surface area contributed by atoms with Crippen LogP contribution >= 0.6 is 0 Å². The molecule has 0 aliphatic carbocycles. The van der Waals surface area contributed by atoms with E-state index in [2.05, 4.69) is 0 Å². The Bertz CT molecular complexity index is 210. The summed E-state index contributed by atoms with van der Waals surface area (Å²) in [6.45, 7) is 8.00. The molecule has 0 saturated heterocycles. The summed E-state index contributed by atoms with van der Waals surface area (Å²) in [5.41, 5.74) is 5.97. The molecule has 0 bridgehead atoms. The average molecular weight is 182 g/mol. The minimum atomic E-state index is 0. The first-order chi connectivity index (χ1) is 6.30. The zero-order valence-electron chi connectivity index (χ0n) is 8.96. The van der Waals surface area contributed by atoms with E-state index in [9.17, 15) is 0 Å². The van der Waals surface area contributed by atoms with Gasteiger partial charge in [0, 0.05) is 6.99 Å². The zero-order chi connectivity index (χ0) is 10.7. The summed E-state index contributed by atoms with van der Waals surface area (Å²) in [6, 6.07) is 9.23. The molecular weight excluding hydrogens is 160 g/mol. The molecular formula is C11H22N2. The van der Waals surface area contributed by atoms with E-state index in [1.54, 1.807) is 0 Å². The number of benzene rings is 1. The predicted octanol–water partition coefficient (Wildman–Crippen LogP) is 3.27. The van der Waals surface area contributed by atoms with Crippen LogP contribution in [-0.4, -0.2) is 5.84 Å². The van der Waals surface area contributed by atoms with Crippen molar-refractivity contribution in [3.8, 4) is 0 Å². The summed E-state index contributed by atoms with van der Waals surface area (Å²) >= 11 is 0. The second kappa shape index (κ2) is 10.7. The van der Waals surface area contributed by atoms with E-state index in [1.807, 2.05) is 58.0 Å². The second-order valence-corrected chi connectivity index (χ2v) is 1.78. The molecule has 0 fully saturated rings. The number of rotatable bonds is 1. The van der Waals surface area contributed by atoms with Gasteiger partial charge in [-0.25, -0.2) is 0 Å². The molecule has 76 valence electrons. The highest BCUT2D eigenvalue weighted by molar-refractivity contribution is 5.94. The molecule has 0 aliphatic heterocycles.